The Labute approximate surface area is 81.9 Å². The Morgan fingerprint density at radius 2 is 1.92 bits per heavy atom. The van der Waals surface area contributed by atoms with Crippen LogP contribution in [0.3, 0.4) is 0 Å². The van der Waals surface area contributed by atoms with Crippen LogP contribution in [0.5, 0.6) is 0 Å². The van der Waals surface area contributed by atoms with E-state index in [0.717, 1.165) is 18.4 Å². The van der Waals surface area contributed by atoms with Crippen LogP contribution in [-0.2, 0) is 4.74 Å². The lowest BCUT2D eigenvalue weighted by atomic mass is 9.97. The highest BCUT2D eigenvalue weighted by atomic mass is 16.6. The van der Waals surface area contributed by atoms with Gasteiger partial charge in [0.05, 0.1) is 12.7 Å². The Morgan fingerprint density at radius 3 is 2.54 bits per heavy atom. The smallest absolute Gasteiger partial charge is 0.0810 e. The zero-order valence-corrected chi connectivity index (χ0v) is 8.80. The quantitative estimate of drug-likeness (QED) is 0.594. The lowest BCUT2D eigenvalue weighted by Crippen LogP contribution is -1.97. The van der Waals surface area contributed by atoms with Gasteiger partial charge in [-0.1, -0.05) is 39.0 Å². The molecule has 0 spiro atoms. The van der Waals surface area contributed by atoms with E-state index >= 15 is 0 Å². The van der Waals surface area contributed by atoms with Crippen molar-refractivity contribution in [1.29, 1.82) is 0 Å². The number of hydrogen-bond acceptors (Lipinski definition) is 1. The summed E-state index contributed by atoms with van der Waals surface area (Å²) in [5, 5.41) is 0. The minimum absolute atomic E-state index is 0.656. The van der Waals surface area contributed by atoms with Crippen molar-refractivity contribution < 1.29 is 4.74 Å². The van der Waals surface area contributed by atoms with E-state index in [2.05, 4.69) is 6.92 Å². The fourth-order valence-corrected chi connectivity index (χ4v) is 2.68. The molecular formula is C12H22O. The summed E-state index contributed by atoms with van der Waals surface area (Å²) in [6, 6.07) is 0. The third-order valence-corrected chi connectivity index (χ3v) is 3.77. The first-order valence-electron chi connectivity index (χ1n) is 6.00. The van der Waals surface area contributed by atoms with Crippen LogP contribution >= 0.6 is 0 Å². The van der Waals surface area contributed by atoms with Crippen molar-refractivity contribution in [2.24, 2.45) is 11.8 Å². The zero-order valence-electron chi connectivity index (χ0n) is 8.80. The van der Waals surface area contributed by atoms with E-state index in [9.17, 15) is 0 Å². The highest BCUT2D eigenvalue weighted by Gasteiger charge is 2.25. The minimum atomic E-state index is 0.656. The molecule has 1 heterocycles. The zero-order chi connectivity index (χ0) is 9.10. The molecule has 1 aliphatic carbocycles. The summed E-state index contributed by atoms with van der Waals surface area (Å²) in [6.07, 6.45) is 10.8. The van der Waals surface area contributed by atoms with Crippen LogP contribution in [0.25, 0.3) is 0 Å². The average molecular weight is 182 g/mol. The van der Waals surface area contributed by atoms with Gasteiger partial charge < -0.3 is 4.74 Å². The van der Waals surface area contributed by atoms with Crippen molar-refractivity contribution >= 4 is 0 Å². The SMILES string of the molecule is CCC1CC[C@H](CCCC2CO2)C1. The maximum Gasteiger partial charge on any atom is 0.0810 e. The molecule has 0 bridgehead atoms. The van der Waals surface area contributed by atoms with E-state index in [0.29, 0.717) is 6.10 Å². The highest BCUT2D eigenvalue weighted by molar-refractivity contribution is 4.76. The minimum Gasteiger partial charge on any atom is -0.373 e. The number of rotatable bonds is 5. The van der Waals surface area contributed by atoms with E-state index in [1.807, 2.05) is 0 Å². The average Bonchev–Trinajstić information content (AvgIpc) is 2.84. The monoisotopic (exact) mass is 182 g/mol. The van der Waals surface area contributed by atoms with Crippen molar-refractivity contribution in [1.82, 2.24) is 0 Å². The summed E-state index contributed by atoms with van der Waals surface area (Å²) in [5.74, 6) is 2.12. The second-order valence-electron chi connectivity index (χ2n) is 4.84. The Kier molecular flexibility index (Phi) is 3.26. The predicted molar refractivity (Wildman–Crippen MR) is 54.7 cm³/mol. The third-order valence-electron chi connectivity index (χ3n) is 3.77. The summed E-state index contributed by atoms with van der Waals surface area (Å²) in [4.78, 5) is 0. The van der Waals surface area contributed by atoms with Gasteiger partial charge in [0, 0.05) is 0 Å². The fourth-order valence-electron chi connectivity index (χ4n) is 2.68. The first-order valence-corrected chi connectivity index (χ1v) is 6.00. The van der Waals surface area contributed by atoms with Gasteiger partial charge in [0.2, 0.25) is 0 Å². The van der Waals surface area contributed by atoms with E-state index < -0.39 is 0 Å². The van der Waals surface area contributed by atoms with E-state index in [-0.39, 0.29) is 0 Å². The molecule has 1 saturated carbocycles. The predicted octanol–water partition coefficient (Wildman–Crippen LogP) is 3.38. The van der Waals surface area contributed by atoms with Crippen molar-refractivity contribution in [2.75, 3.05) is 6.61 Å². The molecule has 1 nitrogen and oxygen atoms in total. The van der Waals surface area contributed by atoms with Crippen molar-refractivity contribution in [3.05, 3.63) is 0 Å². The first kappa shape index (κ1) is 9.51. The van der Waals surface area contributed by atoms with E-state index in [1.54, 1.807) is 0 Å². The molecule has 1 heteroatoms. The van der Waals surface area contributed by atoms with Gasteiger partial charge in [-0.15, -0.1) is 0 Å². The molecule has 0 aromatic rings. The van der Waals surface area contributed by atoms with Crippen LogP contribution < -0.4 is 0 Å². The van der Waals surface area contributed by atoms with E-state index in [4.69, 9.17) is 4.74 Å². The Hall–Kier alpha value is -0.0400. The third kappa shape index (κ3) is 2.98. The summed E-state index contributed by atoms with van der Waals surface area (Å²) in [7, 11) is 0. The molecule has 3 atom stereocenters. The molecule has 13 heavy (non-hydrogen) atoms. The van der Waals surface area contributed by atoms with Crippen LogP contribution in [0.1, 0.15) is 51.9 Å². The molecular weight excluding hydrogens is 160 g/mol. The fraction of sp³-hybridized carbons (Fsp3) is 1.00. The van der Waals surface area contributed by atoms with Gasteiger partial charge in [0.15, 0.2) is 0 Å². The lowest BCUT2D eigenvalue weighted by Gasteiger charge is -2.08. The second kappa shape index (κ2) is 4.45. The standard InChI is InChI=1S/C12H22O/c1-2-10-6-7-11(8-10)4-3-5-12-9-13-12/h10-12H,2-9H2,1H3/t10?,11-,12?/m0/s1. The van der Waals surface area contributed by atoms with Gasteiger partial charge in [-0.25, -0.2) is 0 Å². The molecule has 2 aliphatic rings. The molecule has 0 amide bonds. The van der Waals surface area contributed by atoms with Gasteiger partial charge in [0.25, 0.3) is 0 Å². The maximum absolute atomic E-state index is 5.22. The molecule has 0 N–H and O–H groups in total. The molecule has 2 unspecified atom stereocenters. The Bertz CT molecular complexity index is 151. The molecule has 2 rings (SSSR count). The summed E-state index contributed by atoms with van der Waals surface area (Å²) < 4.78 is 5.22. The summed E-state index contributed by atoms with van der Waals surface area (Å²) in [5.41, 5.74) is 0. The summed E-state index contributed by atoms with van der Waals surface area (Å²) >= 11 is 0. The van der Waals surface area contributed by atoms with Gasteiger partial charge >= 0.3 is 0 Å². The number of epoxide rings is 1. The topological polar surface area (TPSA) is 12.5 Å². The van der Waals surface area contributed by atoms with Crippen LogP contribution in [0, 0.1) is 11.8 Å². The second-order valence-corrected chi connectivity index (χ2v) is 4.84. The largest absolute Gasteiger partial charge is 0.373 e. The van der Waals surface area contributed by atoms with Crippen LogP contribution in [0.15, 0.2) is 0 Å². The number of hydrogen-bond donors (Lipinski definition) is 0. The van der Waals surface area contributed by atoms with Crippen molar-refractivity contribution in [3.8, 4) is 0 Å². The van der Waals surface area contributed by atoms with Crippen LogP contribution in [-0.4, -0.2) is 12.7 Å². The normalized spacial score (nSPS) is 38.1. The van der Waals surface area contributed by atoms with Gasteiger partial charge in [-0.3, -0.25) is 0 Å². The molecule has 0 aromatic carbocycles. The molecule has 1 aliphatic heterocycles. The molecule has 0 aromatic heterocycles. The molecule has 0 radical (unpaired) electrons. The van der Waals surface area contributed by atoms with Gasteiger partial charge in [0.1, 0.15) is 0 Å². The van der Waals surface area contributed by atoms with Crippen LogP contribution in [0.2, 0.25) is 0 Å². The summed E-state index contributed by atoms with van der Waals surface area (Å²) in [6.45, 7) is 3.38. The van der Waals surface area contributed by atoms with E-state index in [1.165, 1.54) is 44.9 Å². The Balaban J connectivity index is 1.54. The molecule has 2 fully saturated rings. The number of ether oxygens (including phenoxy) is 1. The van der Waals surface area contributed by atoms with Crippen LogP contribution in [0.4, 0.5) is 0 Å². The molecule has 76 valence electrons. The first-order chi connectivity index (χ1) is 6.38. The highest BCUT2D eigenvalue weighted by Crippen LogP contribution is 2.36. The molecule has 1 saturated heterocycles. The maximum atomic E-state index is 5.22. The van der Waals surface area contributed by atoms with Crippen molar-refractivity contribution in [2.45, 2.75) is 58.0 Å². The lowest BCUT2D eigenvalue weighted by molar-refractivity contribution is 0.372. The van der Waals surface area contributed by atoms with Gasteiger partial charge in [-0.05, 0) is 24.7 Å². The van der Waals surface area contributed by atoms with Gasteiger partial charge in [-0.2, -0.15) is 0 Å². The van der Waals surface area contributed by atoms with Crippen molar-refractivity contribution in [3.63, 3.8) is 0 Å². The Morgan fingerprint density at radius 1 is 1.15 bits per heavy atom.